The zero-order chi connectivity index (χ0) is 26.8. The van der Waals surface area contributed by atoms with Crippen LogP contribution in [0.15, 0.2) is 30.3 Å². The predicted octanol–water partition coefficient (Wildman–Crippen LogP) is 2.72. The lowest BCUT2D eigenvalue weighted by Crippen LogP contribution is -2.52. The fourth-order valence-electron chi connectivity index (χ4n) is 5.62. The topological polar surface area (TPSA) is 82.9 Å². The lowest BCUT2D eigenvalue weighted by molar-refractivity contribution is -0.132. The van der Waals surface area contributed by atoms with Gasteiger partial charge in [0.25, 0.3) is 6.43 Å². The van der Waals surface area contributed by atoms with Crippen LogP contribution < -0.4 is 9.80 Å². The van der Waals surface area contributed by atoms with Crippen LogP contribution in [0.25, 0.3) is 17.0 Å². The number of para-hydroxylation sites is 2. The van der Waals surface area contributed by atoms with Gasteiger partial charge < -0.3 is 19.4 Å². The van der Waals surface area contributed by atoms with Crippen molar-refractivity contribution in [2.24, 2.45) is 0 Å². The number of carbonyl (C=O) groups excluding carboxylic acids is 1. The second kappa shape index (κ2) is 11.4. The van der Waals surface area contributed by atoms with Gasteiger partial charge in [-0.15, -0.1) is 0 Å². The number of carbonyl (C=O) groups is 1. The van der Waals surface area contributed by atoms with Crippen LogP contribution in [0.4, 0.5) is 20.4 Å². The van der Waals surface area contributed by atoms with Crippen LogP contribution in [-0.2, 0) is 9.53 Å². The van der Waals surface area contributed by atoms with Gasteiger partial charge in [-0.1, -0.05) is 18.6 Å². The Hall–Kier alpha value is -3.38. The first-order chi connectivity index (χ1) is 19.1. The number of halogens is 2. The first kappa shape index (κ1) is 25.9. The smallest absolute Gasteiger partial charge is 0.296 e. The van der Waals surface area contributed by atoms with E-state index in [1.165, 1.54) is 11.0 Å². The maximum atomic E-state index is 14.1. The standard InChI is InChI=1S/C27H34F2N8O2/c28-25(29)26-30-20-6-2-3-7-21(20)37(26)27-31-22(18-23(32-27)35-14-16-39-17-15-35)34-10-12-36(13-11-34)24(38)19-33-8-4-1-5-9-33/h2-3,6-7,18,25H,1,4-5,8-17,19H2. The molecule has 1 amide bonds. The number of benzene rings is 1. The van der Waals surface area contributed by atoms with Crippen molar-refractivity contribution in [3.8, 4) is 5.95 Å². The fraction of sp³-hybridized carbons (Fsp3) is 0.556. The number of likely N-dealkylation sites (tertiary alicyclic amines) is 1. The molecule has 6 rings (SSSR count). The van der Waals surface area contributed by atoms with Gasteiger partial charge >= 0.3 is 0 Å². The lowest BCUT2D eigenvalue weighted by Gasteiger charge is -2.37. The molecule has 0 saturated carbocycles. The molecular formula is C27H34F2N8O2. The highest BCUT2D eigenvalue weighted by molar-refractivity contribution is 5.79. The highest BCUT2D eigenvalue weighted by Crippen LogP contribution is 2.29. The normalized spacial score (nSPS) is 19.3. The van der Waals surface area contributed by atoms with E-state index in [2.05, 4.69) is 19.7 Å². The van der Waals surface area contributed by atoms with E-state index in [4.69, 9.17) is 14.7 Å². The first-order valence-electron chi connectivity index (χ1n) is 13.8. The molecule has 3 aromatic rings. The third kappa shape index (κ3) is 5.53. The molecule has 0 bridgehead atoms. The molecule has 10 nitrogen and oxygen atoms in total. The van der Waals surface area contributed by atoms with Crippen molar-refractivity contribution in [1.82, 2.24) is 29.3 Å². The number of aromatic nitrogens is 4. The second-order valence-corrected chi connectivity index (χ2v) is 10.3. The van der Waals surface area contributed by atoms with Crippen LogP contribution >= 0.6 is 0 Å². The van der Waals surface area contributed by atoms with Crippen LogP contribution in [0.1, 0.15) is 31.5 Å². The summed E-state index contributed by atoms with van der Waals surface area (Å²) < 4.78 is 35.1. The van der Waals surface area contributed by atoms with E-state index in [1.54, 1.807) is 24.3 Å². The number of hydrogen-bond acceptors (Lipinski definition) is 8. The molecule has 3 aliphatic rings. The number of morpholine rings is 1. The Labute approximate surface area is 226 Å². The Bertz CT molecular complexity index is 1300. The minimum atomic E-state index is -2.79. The summed E-state index contributed by atoms with van der Waals surface area (Å²) in [6, 6.07) is 8.96. The van der Waals surface area contributed by atoms with E-state index in [0.717, 1.165) is 25.9 Å². The molecule has 5 heterocycles. The van der Waals surface area contributed by atoms with Gasteiger partial charge in [0, 0.05) is 45.3 Å². The van der Waals surface area contributed by atoms with Crippen molar-refractivity contribution in [2.75, 3.05) is 81.9 Å². The third-order valence-corrected chi connectivity index (χ3v) is 7.77. The summed E-state index contributed by atoms with van der Waals surface area (Å²) in [5.41, 5.74) is 1.00. The molecule has 0 atom stereocenters. The van der Waals surface area contributed by atoms with Crippen LogP contribution in [0.2, 0.25) is 0 Å². The van der Waals surface area contributed by atoms with Crippen LogP contribution in [0.5, 0.6) is 0 Å². The molecule has 12 heteroatoms. The predicted molar refractivity (Wildman–Crippen MR) is 144 cm³/mol. The first-order valence-corrected chi connectivity index (χ1v) is 13.8. The maximum Gasteiger partial charge on any atom is 0.296 e. The Morgan fingerprint density at radius 2 is 1.51 bits per heavy atom. The maximum absolute atomic E-state index is 14.1. The average Bonchev–Trinajstić information content (AvgIpc) is 3.38. The lowest BCUT2D eigenvalue weighted by atomic mass is 10.1. The van der Waals surface area contributed by atoms with Crippen molar-refractivity contribution in [3.05, 3.63) is 36.2 Å². The summed E-state index contributed by atoms with van der Waals surface area (Å²) >= 11 is 0. The number of imidazole rings is 1. The Morgan fingerprint density at radius 1 is 0.846 bits per heavy atom. The zero-order valence-corrected chi connectivity index (χ0v) is 22.0. The van der Waals surface area contributed by atoms with E-state index >= 15 is 0 Å². The summed E-state index contributed by atoms with van der Waals surface area (Å²) in [5.74, 6) is 1.28. The molecule has 39 heavy (non-hydrogen) atoms. The van der Waals surface area contributed by atoms with Gasteiger partial charge in [0.15, 0.2) is 5.82 Å². The summed E-state index contributed by atoms with van der Waals surface area (Å²) in [4.78, 5) is 35.0. The monoisotopic (exact) mass is 540 g/mol. The Balaban J connectivity index is 1.28. The SMILES string of the molecule is O=C(CN1CCCCC1)N1CCN(c2cc(N3CCOCC3)nc(-n3c(C(F)F)nc4ccccc43)n2)CC1. The van der Waals surface area contributed by atoms with Gasteiger partial charge in [-0.3, -0.25) is 14.3 Å². The average molecular weight is 541 g/mol. The molecule has 0 spiro atoms. The number of amides is 1. The van der Waals surface area contributed by atoms with Gasteiger partial charge in [0.1, 0.15) is 11.6 Å². The quantitative estimate of drug-likeness (QED) is 0.472. The largest absolute Gasteiger partial charge is 0.378 e. The number of fused-ring (bicyclic) bond motifs is 1. The number of anilines is 2. The van der Waals surface area contributed by atoms with Gasteiger partial charge in [0.05, 0.1) is 30.8 Å². The number of alkyl halides is 2. The Kier molecular flexibility index (Phi) is 7.55. The van der Waals surface area contributed by atoms with Crippen LogP contribution in [0.3, 0.4) is 0 Å². The van der Waals surface area contributed by atoms with E-state index in [9.17, 15) is 13.6 Å². The molecule has 2 aromatic heterocycles. The molecule has 0 aliphatic carbocycles. The van der Waals surface area contributed by atoms with E-state index in [-0.39, 0.29) is 17.7 Å². The summed E-state index contributed by atoms with van der Waals surface area (Å²) in [5, 5.41) is 0. The molecule has 0 unspecified atom stereocenters. The van der Waals surface area contributed by atoms with Crippen molar-refractivity contribution < 1.29 is 18.3 Å². The minimum absolute atomic E-state index is 0.167. The highest BCUT2D eigenvalue weighted by atomic mass is 19.3. The number of piperidine rings is 1. The number of piperazine rings is 1. The Morgan fingerprint density at radius 3 is 2.21 bits per heavy atom. The van der Waals surface area contributed by atoms with E-state index < -0.39 is 6.43 Å². The molecule has 3 saturated heterocycles. The number of ether oxygens (including phenoxy) is 1. The summed E-state index contributed by atoms with van der Waals surface area (Å²) in [6.45, 7) is 7.31. The minimum Gasteiger partial charge on any atom is -0.378 e. The van der Waals surface area contributed by atoms with Crippen LogP contribution in [-0.4, -0.2) is 107 Å². The molecule has 1 aromatic carbocycles. The molecule has 208 valence electrons. The van der Waals surface area contributed by atoms with Gasteiger partial charge in [-0.25, -0.2) is 13.8 Å². The highest BCUT2D eigenvalue weighted by Gasteiger charge is 2.27. The van der Waals surface area contributed by atoms with Crippen molar-refractivity contribution >= 4 is 28.6 Å². The van der Waals surface area contributed by atoms with Gasteiger partial charge in [-0.05, 0) is 38.1 Å². The number of nitrogens with zero attached hydrogens (tertiary/aromatic N) is 8. The second-order valence-electron chi connectivity index (χ2n) is 10.3. The molecule has 3 aliphatic heterocycles. The molecule has 0 N–H and O–H groups in total. The third-order valence-electron chi connectivity index (χ3n) is 7.77. The summed E-state index contributed by atoms with van der Waals surface area (Å²) in [6.07, 6.45) is 0.764. The van der Waals surface area contributed by atoms with E-state index in [1.807, 2.05) is 11.0 Å². The number of rotatable bonds is 6. The summed E-state index contributed by atoms with van der Waals surface area (Å²) in [7, 11) is 0. The van der Waals surface area contributed by atoms with E-state index in [0.29, 0.717) is 81.7 Å². The van der Waals surface area contributed by atoms with Crippen molar-refractivity contribution in [1.29, 1.82) is 0 Å². The van der Waals surface area contributed by atoms with Crippen molar-refractivity contribution in [3.63, 3.8) is 0 Å². The van der Waals surface area contributed by atoms with Gasteiger partial charge in [-0.2, -0.15) is 9.97 Å². The fourth-order valence-corrected chi connectivity index (χ4v) is 5.62. The number of hydrogen-bond donors (Lipinski definition) is 0. The molecular weight excluding hydrogens is 506 g/mol. The molecule has 3 fully saturated rings. The van der Waals surface area contributed by atoms with Crippen LogP contribution in [0, 0.1) is 0 Å². The van der Waals surface area contributed by atoms with Crippen molar-refractivity contribution in [2.45, 2.75) is 25.7 Å². The molecule has 0 radical (unpaired) electrons. The zero-order valence-electron chi connectivity index (χ0n) is 22.0. The van der Waals surface area contributed by atoms with Gasteiger partial charge in [0.2, 0.25) is 11.9 Å².